The first kappa shape index (κ1) is 17.7. The molecule has 0 heterocycles. The Kier molecular flexibility index (Phi) is 5.23. The summed E-state index contributed by atoms with van der Waals surface area (Å²) in [7, 11) is -3.73. The molecule has 0 unspecified atom stereocenters. The SMILES string of the molecule is Cc1ccc(S(=O)(=O)NC(c2ccccc2)c2ccccc2)cc1Cl. The summed E-state index contributed by atoms with van der Waals surface area (Å²) in [6, 6.07) is 23.3. The Morgan fingerprint density at radius 2 is 1.36 bits per heavy atom. The third-order valence-corrected chi connectivity index (χ3v) is 5.82. The Morgan fingerprint density at radius 3 is 1.84 bits per heavy atom. The minimum atomic E-state index is -3.73. The van der Waals surface area contributed by atoms with E-state index in [2.05, 4.69) is 4.72 Å². The fourth-order valence-corrected chi connectivity index (χ4v) is 4.07. The molecule has 0 amide bonds. The highest BCUT2D eigenvalue weighted by atomic mass is 35.5. The second kappa shape index (κ2) is 7.40. The van der Waals surface area contributed by atoms with Gasteiger partial charge >= 0.3 is 0 Å². The number of rotatable bonds is 5. The predicted octanol–water partition coefficient (Wildman–Crippen LogP) is 4.72. The maximum atomic E-state index is 12.9. The first-order valence-corrected chi connectivity index (χ1v) is 9.72. The normalized spacial score (nSPS) is 11.6. The van der Waals surface area contributed by atoms with Crippen LogP contribution in [-0.4, -0.2) is 8.42 Å². The molecule has 0 radical (unpaired) electrons. The summed E-state index contributed by atoms with van der Waals surface area (Å²) >= 11 is 6.10. The van der Waals surface area contributed by atoms with E-state index in [0.29, 0.717) is 5.02 Å². The average Bonchev–Trinajstić information content (AvgIpc) is 2.63. The van der Waals surface area contributed by atoms with Gasteiger partial charge in [-0.1, -0.05) is 78.3 Å². The van der Waals surface area contributed by atoms with Crippen LogP contribution < -0.4 is 4.72 Å². The molecule has 0 atom stereocenters. The number of hydrogen-bond acceptors (Lipinski definition) is 2. The number of sulfonamides is 1. The summed E-state index contributed by atoms with van der Waals surface area (Å²) in [6.45, 7) is 1.84. The molecule has 0 bridgehead atoms. The number of nitrogens with one attached hydrogen (secondary N) is 1. The Labute approximate surface area is 153 Å². The minimum absolute atomic E-state index is 0.153. The zero-order valence-corrected chi connectivity index (χ0v) is 15.3. The monoisotopic (exact) mass is 371 g/mol. The first-order valence-electron chi connectivity index (χ1n) is 7.86. The van der Waals surface area contributed by atoms with Crippen LogP contribution in [0.3, 0.4) is 0 Å². The lowest BCUT2D eigenvalue weighted by molar-refractivity contribution is 0.572. The standard InChI is InChI=1S/C20H18ClNO2S/c1-15-12-13-18(14-19(15)21)25(23,24)22-20(16-8-4-2-5-9-16)17-10-6-3-7-11-17/h2-14,20,22H,1H3. The van der Waals surface area contributed by atoms with Gasteiger partial charge in [0.25, 0.3) is 0 Å². The maximum Gasteiger partial charge on any atom is 0.241 e. The van der Waals surface area contributed by atoms with Crippen molar-refractivity contribution in [2.75, 3.05) is 0 Å². The van der Waals surface area contributed by atoms with Gasteiger partial charge in [0.05, 0.1) is 10.9 Å². The van der Waals surface area contributed by atoms with Crippen LogP contribution in [0.15, 0.2) is 83.8 Å². The predicted molar refractivity (Wildman–Crippen MR) is 101 cm³/mol. The smallest absolute Gasteiger partial charge is 0.207 e. The lowest BCUT2D eigenvalue weighted by Gasteiger charge is -2.20. The molecule has 0 saturated heterocycles. The molecule has 0 fully saturated rings. The zero-order valence-electron chi connectivity index (χ0n) is 13.7. The summed E-state index contributed by atoms with van der Waals surface area (Å²) < 4.78 is 28.6. The van der Waals surface area contributed by atoms with Crippen molar-refractivity contribution in [2.24, 2.45) is 0 Å². The van der Waals surface area contributed by atoms with Crippen molar-refractivity contribution in [1.82, 2.24) is 4.72 Å². The van der Waals surface area contributed by atoms with Crippen molar-refractivity contribution < 1.29 is 8.42 Å². The number of hydrogen-bond donors (Lipinski definition) is 1. The van der Waals surface area contributed by atoms with E-state index in [1.807, 2.05) is 67.6 Å². The molecule has 0 aliphatic carbocycles. The summed E-state index contributed by atoms with van der Waals surface area (Å²) in [5.74, 6) is 0. The van der Waals surface area contributed by atoms with E-state index in [-0.39, 0.29) is 4.90 Å². The molecular weight excluding hydrogens is 354 g/mol. The Hall–Kier alpha value is -2.14. The molecule has 25 heavy (non-hydrogen) atoms. The molecule has 3 aromatic rings. The van der Waals surface area contributed by atoms with Gasteiger partial charge in [-0.25, -0.2) is 8.42 Å². The van der Waals surface area contributed by atoms with Crippen LogP contribution in [0.5, 0.6) is 0 Å². The van der Waals surface area contributed by atoms with Gasteiger partial charge in [0, 0.05) is 5.02 Å². The molecular formula is C20H18ClNO2S. The van der Waals surface area contributed by atoms with E-state index in [1.54, 1.807) is 12.1 Å². The van der Waals surface area contributed by atoms with Gasteiger partial charge in [-0.05, 0) is 35.7 Å². The van der Waals surface area contributed by atoms with E-state index < -0.39 is 16.1 Å². The Morgan fingerprint density at radius 1 is 0.840 bits per heavy atom. The van der Waals surface area contributed by atoms with Gasteiger partial charge in [-0.3, -0.25) is 0 Å². The number of aryl methyl sites for hydroxylation is 1. The Balaban J connectivity index is 2.01. The van der Waals surface area contributed by atoms with Gasteiger partial charge in [-0.15, -0.1) is 0 Å². The summed E-state index contributed by atoms with van der Waals surface area (Å²) in [6.07, 6.45) is 0. The Bertz CT molecular complexity index is 918. The van der Waals surface area contributed by atoms with E-state index in [4.69, 9.17) is 11.6 Å². The second-order valence-electron chi connectivity index (χ2n) is 5.79. The zero-order chi connectivity index (χ0) is 17.9. The first-order chi connectivity index (χ1) is 12.0. The van der Waals surface area contributed by atoms with Gasteiger partial charge < -0.3 is 0 Å². The quantitative estimate of drug-likeness (QED) is 0.705. The van der Waals surface area contributed by atoms with Gasteiger partial charge in [0.1, 0.15) is 0 Å². The van der Waals surface area contributed by atoms with Crippen molar-refractivity contribution in [2.45, 2.75) is 17.9 Å². The molecule has 1 N–H and O–H groups in total. The third-order valence-electron chi connectivity index (χ3n) is 3.99. The van der Waals surface area contributed by atoms with Crippen LogP contribution >= 0.6 is 11.6 Å². The van der Waals surface area contributed by atoms with E-state index in [9.17, 15) is 8.42 Å². The molecule has 3 nitrogen and oxygen atoms in total. The van der Waals surface area contributed by atoms with Crippen molar-refractivity contribution in [3.05, 3.63) is 101 Å². The highest BCUT2D eigenvalue weighted by Crippen LogP contribution is 2.26. The van der Waals surface area contributed by atoms with Gasteiger partial charge in [0.2, 0.25) is 10.0 Å². The van der Waals surface area contributed by atoms with E-state index in [0.717, 1.165) is 16.7 Å². The van der Waals surface area contributed by atoms with Crippen LogP contribution in [0.25, 0.3) is 0 Å². The molecule has 0 aromatic heterocycles. The summed E-state index contributed by atoms with van der Waals surface area (Å²) in [5.41, 5.74) is 2.58. The number of halogens is 1. The maximum absolute atomic E-state index is 12.9. The van der Waals surface area contributed by atoms with Gasteiger partial charge in [0.15, 0.2) is 0 Å². The van der Waals surface area contributed by atoms with Crippen LogP contribution in [0, 0.1) is 6.92 Å². The molecule has 0 aliphatic rings. The van der Waals surface area contributed by atoms with Crippen molar-refractivity contribution in [3.8, 4) is 0 Å². The largest absolute Gasteiger partial charge is 0.241 e. The molecule has 0 aliphatic heterocycles. The van der Waals surface area contributed by atoms with Crippen LogP contribution in [0.4, 0.5) is 0 Å². The molecule has 0 spiro atoms. The molecule has 3 rings (SSSR count). The summed E-state index contributed by atoms with van der Waals surface area (Å²) in [5, 5.41) is 0.429. The van der Waals surface area contributed by atoms with Crippen LogP contribution in [-0.2, 0) is 10.0 Å². The molecule has 128 valence electrons. The van der Waals surface area contributed by atoms with Gasteiger partial charge in [-0.2, -0.15) is 4.72 Å². The molecule has 3 aromatic carbocycles. The highest BCUT2D eigenvalue weighted by Gasteiger charge is 2.23. The second-order valence-corrected chi connectivity index (χ2v) is 7.91. The molecule has 0 saturated carbocycles. The minimum Gasteiger partial charge on any atom is -0.207 e. The fraction of sp³-hybridized carbons (Fsp3) is 0.100. The van der Waals surface area contributed by atoms with Crippen LogP contribution in [0.2, 0.25) is 5.02 Å². The van der Waals surface area contributed by atoms with Crippen LogP contribution in [0.1, 0.15) is 22.7 Å². The third kappa shape index (κ3) is 4.10. The van der Waals surface area contributed by atoms with E-state index in [1.165, 1.54) is 6.07 Å². The van der Waals surface area contributed by atoms with Crippen molar-refractivity contribution >= 4 is 21.6 Å². The number of benzene rings is 3. The topological polar surface area (TPSA) is 46.2 Å². The van der Waals surface area contributed by atoms with Crippen molar-refractivity contribution in [3.63, 3.8) is 0 Å². The summed E-state index contributed by atoms with van der Waals surface area (Å²) in [4.78, 5) is 0.153. The average molecular weight is 372 g/mol. The fourth-order valence-electron chi connectivity index (χ4n) is 2.58. The van der Waals surface area contributed by atoms with E-state index >= 15 is 0 Å². The van der Waals surface area contributed by atoms with Crippen molar-refractivity contribution in [1.29, 1.82) is 0 Å². The molecule has 5 heteroatoms. The lowest BCUT2D eigenvalue weighted by atomic mass is 10.00. The lowest BCUT2D eigenvalue weighted by Crippen LogP contribution is -2.29. The highest BCUT2D eigenvalue weighted by molar-refractivity contribution is 7.89.